The van der Waals surface area contributed by atoms with Crippen LogP contribution in [0.3, 0.4) is 0 Å². The first-order valence-corrected chi connectivity index (χ1v) is 8.86. The fraction of sp³-hybridized carbons (Fsp3) is 0.300. The molecular weight excluding hydrogens is 365 g/mol. The zero-order valence-corrected chi connectivity index (χ0v) is 15.9. The number of rotatable bonds is 6. The molecule has 1 aromatic heterocycles. The van der Waals surface area contributed by atoms with E-state index in [0.29, 0.717) is 22.7 Å². The number of hydrogen-bond acceptors (Lipinski definition) is 4. The Kier molecular flexibility index (Phi) is 5.13. The van der Waals surface area contributed by atoms with Gasteiger partial charge in [0.15, 0.2) is 5.78 Å². The number of urea groups is 1. The average molecular weight is 385 g/mol. The van der Waals surface area contributed by atoms with Crippen LogP contribution in [0.5, 0.6) is 0 Å². The molecule has 0 saturated carbocycles. The van der Waals surface area contributed by atoms with Crippen molar-refractivity contribution in [1.29, 1.82) is 0 Å². The summed E-state index contributed by atoms with van der Waals surface area (Å²) in [5, 5.41) is 0. The highest BCUT2D eigenvalue weighted by molar-refractivity contribution is 6.45. The van der Waals surface area contributed by atoms with Crippen LogP contribution in [-0.2, 0) is 16.1 Å². The highest BCUT2D eigenvalue weighted by Gasteiger charge is 2.44. The van der Waals surface area contributed by atoms with Gasteiger partial charge in [-0.05, 0) is 44.5 Å². The Morgan fingerprint density at radius 1 is 1.00 bits per heavy atom. The third-order valence-corrected chi connectivity index (χ3v) is 4.88. The van der Waals surface area contributed by atoms with Gasteiger partial charge in [-0.15, -0.1) is 0 Å². The number of benzene rings is 1. The number of aryl methyl sites for hydroxylation is 1. The Hall–Kier alpha value is -3.29. The Bertz CT molecular complexity index is 978. The van der Waals surface area contributed by atoms with Crippen molar-refractivity contribution in [3.63, 3.8) is 0 Å². The molecule has 0 atom stereocenters. The van der Waals surface area contributed by atoms with E-state index < -0.39 is 30.2 Å². The summed E-state index contributed by atoms with van der Waals surface area (Å²) in [6.07, 6.45) is 0. The number of ketones is 1. The first-order valence-electron chi connectivity index (χ1n) is 8.86. The van der Waals surface area contributed by atoms with Gasteiger partial charge in [0, 0.05) is 30.0 Å². The highest BCUT2D eigenvalue weighted by atomic mass is 19.1. The number of likely N-dealkylation sites (N-methyl/N-ethyl adjacent to an activating group) is 1. The molecule has 1 aromatic carbocycles. The van der Waals surface area contributed by atoms with Crippen molar-refractivity contribution in [2.75, 3.05) is 13.1 Å². The summed E-state index contributed by atoms with van der Waals surface area (Å²) in [5.41, 5.74) is 2.74. The van der Waals surface area contributed by atoms with Crippen LogP contribution in [-0.4, -0.2) is 51.1 Å². The van der Waals surface area contributed by atoms with Crippen LogP contribution in [0.2, 0.25) is 0 Å². The van der Waals surface area contributed by atoms with Gasteiger partial charge < -0.3 is 4.57 Å². The van der Waals surface area contributed by atoms with Crippen molar-refractivity contribution < 1.29 is 23.6 Å². The van der Waals surface area contributed by atoms with Crippen LogP contribution in [0.1, 0.15) is 34.2 Å². The van der Waals surface area contributed by atoms with Crippen LogP contribution < -0.4 is 0 Å². The monoisotopic (exact) mass is 385 g/mol. The summed E-state index contributed by atoms with van der Waals surface area (Å²) < 4.78 is 15.0. The summed E-state index contributed by atoms with van der Waals surface area (Å²) in [6, 6.07) is 6.99. The van der Waals surface area contributed by atoms with Gasteiger partial charge in [-0.3, -0.25) is 19.3 Å². The Morgan fingerprint density at radius 2 is 1.61 bits per heavy atom. The number of hydrogen-bond donors (Lipinski definition) is 0. The predicted molar refractivity (Wildman–Crippen MR) is 98.2 cm³/mol. The van der Waals surface area contributed by atoms with Gasteiger partial charge in [-0.2, -0.15) is 0 Å². The van der Waals surface area contributed by atoms with Crippen LogP contribution in [0.4, 0.5) is 9.18 Å². The maximum absolute atomic E-state index is 13.1. The molecule has 0 aliphatic carbocycles. The van der Waals surface area contributed by atoms with E-state index in [1.165, 1.54) is 12.1 Å². The number of carbonyl (C=O) groups excluding carboxylic acids is 4. The van der Waals surface area contributed by atoms with E-state index in [1.54, 1.807) is 32.0 Å². The lowest BCUT2D eigenvalue weighted by molar-refractivity contribution is -0.143. The minimum atomic E-state index is -0.986. The number of nitrogens with zero attached hydrogens (tertiary/aromatic N) is 3. The molecule has 1 fully saturated rings. The maximum atomic E-state index is 13.1. The van der Waals surface area contributed by atoms with Crippen LogP contribution in [0, 0.1) is 19.7 Å². The summed E-state index contributed by atoms with van der Waals surface area (Å²) in [5.74, 6) is -2.65. The molecule has 0 radical (unpaired) electrons. The summed E-state index contributed by atoms with van der Waals surface area (Å²) in [7, 11) is 0. The van der Waals surface area contributed by atoms with Crippen molar-refractivity contribution in [3.05, 3.63) is 58.7 Å². The first kappa shape index (κ1) is 19.5. The predicted octanol–water partition coefficient (Wildman–Crippen LogP) is 2.29. The zero-order chi connectivity index (χ0) is 20.6. The number of imide groups is 2. The number of aromatic nitrogens is 1. The van der Waals surface area contributed by atoms with Crippen LogP contribution in [0.25, 0.3) is 0 Å². The maximum Gasteiger partial charge on any atom is 0.334 e. The van der Waals surface area contributed by atoms with Crippen molar-refractivity contribution in [3.8, 4) is 0 Å². The molecule has 1 saturated heterocycles. The average Bonchev–Trinajstić information content (AvgIpc) is 3.05. The van der Waals surface area contributed by atoms with Crippen molar-refractivity contribution in [2.24, 2.45) is 0 Å². The van der Waals surface area contributed by atoms with E-state index in [1.807, 2.05) is 11.5 Å². The topological polar surface area (TPSA) is 79.7 Å². The quantitative estimate of drug-likeness (QED) is 0.434. The van der Waals surface area contributed by atoms with E-state index in [-0.39, 0.29) is 12.4 Å². The smallest absolute Gasteiger partial charge is 0.334 e. The molecule has 7 nitrogen and oxygen atoms in total. The summed E-state index contributed by atoms with van der Waals surface area (Å²) in [4.78, 5) is 50.2. The molecular formula is C20H20FN3O4. The van der Waals surface area contributed by atoms with Crippen LogP contribution >= 0.6 is 0 Å². The lowest BCUT2D eigenvalue weighted by atomic mass is 10.1. The van der Waals surface area contributed by atoms with E-state index in [0.717, 1.165) is 16.2 Å². The molecule has 0 bridgehead atoms. The van der Waals surface area contributed by atoms with E-state index >= 15 is 0 Å². The Balaban J connectivity index is 1.81. The van der Waals surface area contributed by atoms with E-state index in [4.69, 9.17) is 0 Å². The van der Waals surface area contributed by atoms with Gasteiger partial charge in [-0.1, -0.05) is 12.1 Å². The molecule has 2 aromatic rings. The Morgan fingerprint density at radius 3 is 2.18 bits per heavy atom. The molecule has 3 rings (SSSR count). The fourth-order valence-electron chi connectivity index (χ4n) is 3.30. The molecule has 146 valence electrons. The fourth-order valence-corrected chi connectivity index (χ4v) is 3.30. The second-order valence-electron chi connectivity index (χ2n) is 6.64. The van der Waals surface area contributed by atoms with Gasteiger partial charge in [0.05, 0.1) is 6.54 Å². The second-order valence-corrected chi connectivity index (χ2v) is 6.64. The SMILES string of the molecule is CCN1C(=O)C(=O)N(CC(=O)c2cc(C)n(Cc3ccc(F)cc3)c2C)C1=O. The zero-order valence-electron chi connectivity index (χ0n) is 15.9. The van der Waals surface area contributed by atoms with Gasteiger partial charge >= 0.3 is 17.8 Å². The number of halogens is 1. The van der Waals surface area contributed by atoms with Crippen molar-refractivity contribution in [2.45, 2.75) is 27.3 Å². The standard InChI is InChI=1S/C20H20FN3O4/c1-4-22-18(26)19(27)24(20(22)28)11-17(25)16-9-12(2)23(13(16)3)10-14-5-7-15(21)8-6-14/h5-9H,4,10-11H2,1-3H3. The van der Waals surface area contributed by atoms with Crippen LogP contribution in [0.15, 0.2) is 30.3 Å². The molecule has 4 amide bonds. The molecule has 1 aliphatic heterocycles. The lowest BCUT2D eigenvalue weighted by Gasteiger charge is -2.13. The molecule has 8 heteroatoms. The highest BCUT2D eigenvalue weighted by Crippen LogP contribution is 2.20. The summed E-state index contributed by atoms with van der Waals surface area (Å²) in [6.45, 7) is 5.22. The minimum absolute atomic E-state index is 0.0697. The number of Topliss-reactive ketones (excluding diaryl/α,β-unsaturated/α-hetero) is 1. The third-order valence-electron chi connectivity index (χ3n) is 4.88. The van der Waals surface area contributed by atoms with Gasteiger partial charge in [0.1, 0.15) is 5.82 Å². The molecule has 28 heavy (non-hydrogen) atoms. The number of amides is 4. The molecule has 1 aliphatic rings. The number of carbonyl (C=O) groups is 4. The third kappa shape index (κ3) is 3.33. The van der Waals surface area contributed by atoms with Crippen molar-refractivity contribution in [1.82, 2.24) is 14.4 Å². The van der Waals surface area contributed by atoms with Gasteiger partial charge in [-0.25, -0.2) is 14.1 Å². The molecule has 0 N–H and O–H groups in total. The van der Waals surface area contributed by atoms with E-state index in [2.05, 4.69) is 0 Å². The summed E-state index contributed by atoms with van der Waals surface area (Å²) >= 11 is 0. The minimum Gasteiger partial charge on any atom is -0.344 e. The normalized spacial score (nSPS) is 14.4. The van der Waals surface area contributed by atoms with E-state index in [9.17, 15) is 23.6 Å². The van der Waals surface area contributed by atoms with Gasteiger partial charge in [0.2, 0.25) is 0 Å². The Labute approximate surface area is 161 Å². The first-order chi connectivity index (χ1) is 13.2. The second kappa shape index (κ2) is 7.38. The van der Waals surface area contributed by atoms with Crippen molar-refractivity contribution >= 4 is 23.6 Å². The molecule has 0 spiro atoms. The molecule has 2 heterocycles. The lowest BCUT2D eigenvalue weighted by Crippen LogP contribution is -2.37. The molecule has 0 unspecified atom stereocenters. The van der Waals surface area contributed by atoms with Gasteiger partial charge in [0.25, 0.3) is 0 Å². The largest absolute Gasteiger partial charge is 0.344 e.